The summed E-state index contributed by atoms with van der Waals surface area (Å²) in [5.41, 5.74) is 4.89. The molecule has 2 aromatic heterocycles. The van der Waals surface area contributed by atoms with Crippen LogP contribution in [0.15, 0.2) is 82.6 Å². The van der Waals surface area contributed by atoms with Crippen molar-refractivity contribution in [2.24, 2.45) is 0 Å². The number of thioether (sulfide) groups is 1. The standard InChI is InChI=1S/C24H20N4O2S/c1-16-8-10-17(11-9-16)15-31-24-26-23-22(27-28-24)19-6-2-3-7-20(19)25-21(30-23)13-12-18-5-4-14-29-18/h2-14,21,25H,15H2,1H3/b13-12-/t21-/m0/s1. The smallest absolute Gasteiger partial charge is 0.247 e. The van der Waals surface area contributed by atoms with Crippen LogP contribution >= 0.6 is 11.8 Å². The summed E-state index contributed by atoms with van der Waals surface area (Å²) in [6, 6.07) is 20.1. The highest BCUT2D eigenvalue weighted by atomic mass is 32.2. The lowest BCUT2D eigenvalue weighted by molar-refractivity contribution is 0.266. The number of hydrogen-bond donors (Lipinski definition) is 1. The molecule has 0 fully saturated rings. The summed E-state index contributed by atoms with van der Waals surface area (Å²) >= 11 is 1.53. The number of fused-ring (bicyclic) bond motifs is 3. The Bertz CT molecular complexity index is 1210. The van der Waals surface area contributed by atoms with E-state index in [0.717, 1.165) is 22.8 Å². The SMILES string of the molecule is Cc1ccc(CSc2nnc3c(n2)O[C@@H](/C=C\c2ccco2)Nc2ccccc2-3)cc1. The molecule has 6 nitrogen and oxygen atoms in total. The maximum Gasteiger partial charge on any atom is 0.247 e. The van der Waals surface area contributed by atoms with Gasteiger partial charge < -0.3 is 14.5 Å². The largest absolute Gasteiger partial charge is 0.465 e. The molecule has 0 amide bonds. The van der Waals surface area contributed by atoms with E-state index < -0.39 is 6.23 Å². The minimum atomic E-state index is -0.431. The zero-order valence-electron chi connectivity index (χ0n) is 16.9. The van der Waals surface area contributed by atoms with Crippen molar-refractivity contribution in [3.8, 4) is 17.1 Å². The average Bonchev–Trinajstić information content (AvgIpc) is 3.26. The monoisotopic (exact) mass is 428 g/mol. The normalized spacial score (nSPS) is 14.9. The van der Waals surface area contributed by atoms with E-state index in [2.05, 4.69) is 51.7 Å². The number of rotatable bonds is 5. The lowest BCUT2D eigenvalue weighted by atomic mass is 10.1. The van der Waals surface area contributed by atoms with Crippen LogP contribution in [-0.4, -0.2) is 21.4 Å². The Morgan fingerprint density at radius 2 is 1.90 bits per heavy atom. The molecule has 1 atom stereocenters. The van der Waals surface area contributed by atoms with Crippen molar-refractivity contribution in [2.75, 3.05) is 5.32 Å². The first-order valence-corrected chi connectivity index (χ1v) is 10.9. The van der Waals surface area contributed by atoms with E-state index in [1.54, 1.807) is 6.26 Å². The lowest BCUT2D eigenvalue weighted by Gasteiger charge is -2.15. The van der Waals surface area contributed by atoms with Gasteiger partial charge in [-0.25, -0.2) is 0 Å². The van der Waals surface area contributed by atoms with Crippen LogP contribution in [0.25, 0.3) is 17.3 Å². The second-order valence-electron chi connectivity index (χ2n) is 7.13. The Hall–Kier alpha value is -3.58. The van der Waals surface area contributed by atoms with Crippen molar-refractivity contribution in [2.45, 2.75) is 24.1 Å². The first-order chi connectivity index (χ1) is 15.2. The third kappa shape index (κ3) is 4.46. The Morgan fingerprint density at radius 3 is 2.74 bits per heavy atom. The Labute approximate surface area is 184 Å². The fourth-order valence-corrected chi connectivity index (χ4v) is 3.95. The van der Waals surface area contributed by atoms with Crippen LogP contribution in [0.4, 0.5) is 5.69 Å². The minimum absolute atomic E-state index is 0.431. The van der Waals surface area contributed by atoms with Crippen molar-refractivity contribution in [1.82, 2.24) is 15.2 Å². The fourth-order valence-electron chi connectivity index (χ4n) is 3.22. The Balaban J connectivity index is 1.43. The second-order valence-corrected chi connectivity index (χ2v) is 8.07. The highest BCUT2D eigenvalue weighted by Crippen LogP contribution is 2.36. The van der Waals surface area contributed by atoms with E-state index in [0.29, 0.717) is 16.7 Å². The molecule has 2 aromatic carbocycles. The van der Waals surface area contributed by atoms with Crippen molar-refractivity contribution in [1.29, 1.82) is 0 Å². The van der Waals surface area contributed by atoms with Gasteiger partial charge >= 0.3 is 0 Å². The molecule has 0 spiro atoms. The fraction of sp³-hybridized carbons (Fsp3) is 0.125. The highest BCUT2D eigenvalue weighted by molar-refractivity contribution is 7.98. The summed E-state index contributed by atoms with van der Waals surface area (Å²) in [5, 5.41) is 12.8. The molecule has 0 radical (unpaired) electrons. The average molecular weight is 429 g/mol. The van der Waals surface area contributed by atoms with Gasteiger partial charge in [0.2, 0.25) is 11.0 Å². The number of ether oxygens (including phenoxy) is 1. The second kappa shape index (κ2) is 8.65. The molecule has 1 aliphatic heterocycles. The summed E-state index contributed by atoms with van der Waals surface area (Å²) in [4.78, 5) is 4.67. The molecular formula is C24H20N4O2S. The summed E-state index contributed by atoms with van der Waals surface area (Å²) in [7, 11) is 0. The van der Waals surface area contributed by atoms with Gasteiger partial charge in [0.25, 0.3) is 0 Å². The molecule has 31 heavy (non-hydrogen) atoms. The van der Waals surface area contributed by atoms with Crippen LogP contribution in [0.2, 0.25) is 0 Å². The number of anilines is 1. The molecule has 5 rings (SSSR count). The number of aromatic nitrogens is 3. The maximum atomic E-state index is 6.18. The zero-order valence-corrected chi connectivity index (χ0v) is 17.7. The summed E-state index contributed by atoms with van der Waals surface area (Å²) in [6.07, 6.45) is 4.97. The van der Waals surface area contributed by atoms with Crippen molar-refractivity contribution in [3.63, 3.8) is 0 Å². The Morgan fingerprint density at radius 1 is 1.03 bits per heavy atom. The van der Waals surface area contributed by atoms with Crippen LogP contribution in [0.1, 0.15) is 16.9 Å². The molecular weight excluding hydrogens is 408 g/mol. The predicted octanol–water partition coefficient (Wildman–Crippen LogP) is 5.58. The van der Waals surface area contributed by atoms with Gasteiger partial charge in [0.1, 0.15) is 5.76 Å². The van der Waals surface area contributed by atoms with Gasteiger partial charge in [-0.3, -0.25) is 0 Å². The van der Waals surface area contributed by atoms with E-state index in [4.69, 9.17) is 9.15 Å². The van der Waals surface area contributed by atoms with E-state index in [1.165, 1.54) is 22.9 Å². The third-order valence-electron chi connectivity index (χ3n) is 4.82. The van der Waals surface area contributed by atoms with Gasteiger partial charge in [0, 0.05) is 17.0 Å². The number of hydrogen-bond acceptors (Lipinski definition) is 7. The summed E-state index contributed by atoms with van der Waals surface area (Å²) < 4.78 is 11.6. The van der Waals surface area contributed by atoms with Gasteiger partial charge in [0.15, 0.2) is 11.9 Å². The van der Waals surface area contributed by atoms with Crippen LogP contribution in [0.5, 0.6) is 5.88 Å². The van der Waals surface area contributed by atoms with Crippen molar-refractivity contribution >= 4 is 23.5 Å². The number of nitrogens with zero attached hydrogens (tertiary/aromatic N) is 3. The first-order valence-electron chi connectivity index (χ1n) is 9.92. The molecule has 0 unspecified atom stereocenters. The summed E-state index contributed by atoms with van der Waals surface area (Å²) in [5.74, 6) is 1.96. The van der Waals surface area contributed by atoms with Crippen LogP contribution in [0.3, 0.4) is 0 Å². The molecule has 7 heteroatoms. The molecule has 0 saturated carbocycles. The molecule has 0 saturated heterocycles. The summed E-state index contributed by atoms with van der Waals surface area (Å²) in [6.45, 7) is 2.08. The van der Waals surface area contributed by atoms with Crippen LogP contribution in [0, 0.1) is 6.92 Å². The number of aryl methyl sites for hydroxylation is 1. The number of benzene rings is 2. The Kier molecular flexibility index (Phi) is 5.41. The number of nitrogens with one attached hydrogen (secondary N) is 1. The van der Waals surface area contributed by atoms with Crippen molar-refractivity contribution in [3.05, 3.63) is 89.9 Å². The number of furan rings is 1. The molecule has 1 N–H and O–H groups in total. The van der Waals surface area contributed by atoms with Gasteiger partial charge in [0.05, 0.1) is 6.26 Å². The van der Waals surface area contributed by atoms with Crippen LogP contribution in [-0.2, 0) is 5.75 Å². The lowest BCUT2D eigenvalue weighted by Crippen LogP contribution is -2.23. The highest BCUT2D eigenvalue weighted by Gasteiger charge is 2.23. The van der Waals surface area contributed by atoms with Gasteiger partial charge in [-0.2, -0.15) is 4.98 Å². The maximum absolute atomic E-state index is 6.18. The van der Waals surface area contributed by atoms with Gasteiger partial charge in [-0.05, 0) is 42.8 Å². The molecule has 4 aromatic rings. The quantitative estimate of drug-likeness (QED) is 0.416. The third-order valence-corrected chi connectivity index (χ3v) is 5.73. The zero-order chi connectivity index (χ0) is 21.0. The van der Waals surface area contributed by atoms with Crippen LogP contribution < -0.4 is 10.1 Å². The topological polar surface area (TPSA) is 73.1 Å². The molecule has 1 aliphatic rings. The minimum Gasteiger partial charge on any atom is -0.465 e. The molecule has 154 valence electrons. The molecule has 3 heterocycles. The van der Waals surface area contributed by atoms with Gasteiger partial charge in [-0.1, -0.05) is 59.8 Å². The molecule has 0 bridgehead atoms. The van der Waals surface area contributed by atoms with E-state index in [9.17, 15) is 0 Å². The van der Waals surface area contributed by atoms with E-state index in [-0.39, 0.29) is 0 Å². The van der Waals surface area contributed by atoms with E-state index >= 15 is 0 Å². The van der Waals surface area contributed by atoms with Gasteiger partial charge in [-0.15, -0.1) is 10.2 Å². The van der Waals surface area contributed by atoms with E-state index in [1.807, 2.05) is 48.6 Å². The first kappa shape index (κ1) is 19.4. The van der Waals surface area contributed by atoms with Crippen molar-refractivity contribution < 1.29 is 9.15 Å². The predicted molar refractivity (Wildman–Crippen MR) is 122 cm³/mol. The number of para-hydroxylation sites is 1. The molecule has 0 aliphatic carbocycles.